The SMILES string of the molecule is Cc1ccc(-c2c(C)cn(Cc3ccccc3)c2C(=O)NCc2ccc(-c3csnn3)cc2)cc1. The van der Waals surface area contributed by atoms with E-state index in [1.54, 1.807) is 0 Å². The van der Waals surface area contributed by atoms with Gasteiger partial charge in [-0.1, -0.05) is 88.9 Å². The summed E-state index contributed by atoms with van der Waals surface area (Å²) >= 11 is 1.33. The van der Waals surface area contributed by atoms with Crippen LogP contribution in [0, 0.1) is 13.8 Å². The van der Waals surface area contributed by atoms with Crippen molar-refractivity contribution < 1.29 is 4.79 Å². The van der Waals surface area contributed by atoms with E-state index in [0.717, 1.165) is 39.1 Å². The molecular formula is C29H26N4OS. The highest BCUT2D eigenvalue weighted by Gasteiger charge is 2.21. The van der Waals surface area contributed by atoms with E-state index in [-0.39, 0.29) is 5.91 Å². The van der Waals surface area contributed by atoms with Crippen LogP contribution in [0.2, 0.25) is 0 Å². The van der Waals surface area contributed by atoms with E-state index in [4.69, 9.17) is 0 Å². The first-order valence-corrected chi connectivity index (χ1v) is 12.4. The quantitative estimate of drug-likeness (QED) is 0.300. The summed E-state index contributed by atoms with van der Waals surface area (Å²) in [5.41, 5.74) is 9.04. The molecule has 0 aliphatic carbocycles. The number of carbonyl (C=O) groups is 1. The van der Waals surface area contributed by atoms with Crippen LogP contribution in [-0.2, 0) is 13.1 Å². The van der Waals surface area contributed by atoms with Crippen LogP contribution in [0.15, 0.2) is 90.4 Å². The Morgan fingerprint density at radius 1 is 0.886 bits per heavy atom. The maximum Gasteiger partial charge on any atom is 0.268 e. The summed E-state index contributed by atoms with van der Waals surface area (Å²) in [7, 11) is 0. The monoisotopic (exact) mass is 478 g/mol. The molecule has 0 radical (unpaired) electrons. The van der Waals surface area contributed by atoms with Gasteiger partial charge in [-0.25, -0.2) is 0 Å². The van der Waals surface area contributed by atoms with Crippen molar-refractivity contribution in [3.05, 3.63) is 118 Å². The molecular weight excluding hydrogens is 452 g/mol. The second-order valence-electron chi connectivity index (χ2n) is 8.68. The number of nitrogens with zero attached hydrogens (tertiary/aromatic N) is 3. The molecule has 0 bridgehead atoms. The highest BCUT2D eigenvalue weighted by atomic mass is 32.1. The van der Waals surface area contributed by atoms with Gasteiger partial charge in [0, 0.05) is 35.8 Å². The average molecular weight is 479 g/mol. The number of hydrogen-bond acceptors (Lipinski definition) is 4. The number of carbonyl (C=O) groups excluding carboxylic acids is 1. The Morgan fingerprint density at radius 3 is 2.29 bits per heavy atom. The van der Waals surface area contributed by atoms with Crippen molar-refractivity contribution in [3.63, 3.8) is 0 Å². The van der Waals surface area contributed by atoms with E-state index in [1.807, 2.05) is 47.8 Å². The molecule has 3 aromatic carbocycles. The normalized spacial score (nSPS) is 10.9. The molecule has 5 aromatic rings. The Hall–Kier alpha value is -4.03. The molecule has 0 unspecified atom stereocenters. The van der Waals surface area contributed by atoms with Crippen molar-refractivity contribution in [2.24, 2.45) is 0 Å². The first kappa shape index (κ1) is 22.7. The summed E-state index contributed by atoms with van der Waals surface area (Å²) in [6.07, 6.45) is 2.08. The molecule has 2 heterocycles. The Labute approximate surface area is 209 Å². The summed E-state index contributed by atoms with van der Waals surface area (Å²) in [6, 6.07) is 26.6. The molecule has 1 N–H and O–H groups in total. The van der Waals surface area contributed by atoms with Gasteiger partial charge in [0.2, 0.25) is 0 Å². The molecule has 0 saturated heterocycles. The Morgan fingerprint density at radius 2 is 1.60 bits per heavy atom. The Balaban J connectivity index is 1.43. The van der Waals surface area contributed by atoms with E-state index in [1.165, 1.54) is 17.1 Å². The molecule has 6 heteroatoms. The largest absolute Gasteiger partial charge is 0.347 e. The van der Waals surface area contributed by atoms with Crippen molar-refractivity contribution in [1.29, 1.82) is 0 Å². The van der Waals surface area contributed by atoms with E-state index in [9.17, 15) is 4.79 Å². The van der Waals surface area contributed by atoms with Crippen LogP contribution in [0.3, 0.4) is 0 Å². The molecule has 0 fully saturated rings. The second kappa shape index (κ2) is 10.1. The van der Waals surface area contributed by atoms with Gasteiger partial charge in [0.1, 0.15) is 11.4 Å². The highest BCUT2D eigenvalue weighted by molar-refractivity contribution is 7.03. The lowest BCUT2D eigenvalue weighted by atomic mass is 10.0. The van der Waals surface area contributed by atoms with Crippen LogP contribution in [0.1, 0.15) is 32.7 Å². The Kier molecular flexibility index (Phi) is 6.55. The first-order valence-electron chi connectivity index (χ1n) is 11.5. The van der Waals surface area contributed by atoms with Gasteiger partial charge < -0.3 is 9.88 Å². The molecule has 2 aromatic heterocycles. The van der Waals surface area contributed by atoms with Crippen molar-refractivity contribution in [1.82, 2.24) is 19.5 Å². The number of benzene rings is 3. The lowest BCUT2D eigenvalue weighted by molar-refractivity contribution is 0.0943. The van der Waals surface area contributed by atoms with Gasteiger partial charge in [-0.05, 0) is 47.6 Å². The van der Waals surface area contributed by atoms with Crippen molar-refractivity contribution in [3.8, 4) is 22.4 Å². The van der Waals surface area contributed by atoms with E-state index >= 15 is 0 Å². The molecule has 0 aliphatic rings. The average Bonchev–Trinajstić information content (AvgIpc) is 3.52. The van der Waals surface area contributed by atoms with Gasteiger partial charge in [0.15, 0.2) is 0 Å². The zero-order valence-corrected chi connectivity index (χ0v) is 20.5. The Bertz CT molecular complexity index is 1420. The number of rotatable bonds is 7. The standard InChI is InChI=1S/C29H26N4OS/c1-20-8-12-25(13-9-20)27-21(2)17-33(18-23-6-4-3-5-7-23)28(27)29(34)30-16-22-10-14-24(15-11-22)26-19-35-32-31-26/h3-15,17,19H,16,18H2,1-2H3,(H,30,34). The first-order chi connectivity index (χ1) is 17.1. The number of amides is 1. The van der Waals surface area contributed by atoms with Gasteiger partial charge in [-0.3, -0.25) is 4.79 Å². The van der Waals surface area contributed by atoms with Gasteiger partial charge in [0.05, 0.1) is 0 Å². The third-order valence-corrected chi connectivity index (χ3v) is 6.59. The fourth-order valence-corrected chi connectivity index (χ4v) is 4.74. The van der Waals surface area contributed by atoms with E-state index in [0.29, 0.717) is 18.8 Å². The summed E-state index contributed by atoms with van der Waals surface area (Å²) < 4.78 is 5.99. The van der Waals surface area contributed by atoms with Crippen molar-refractivity contribution >= 4 is 17.4 Å². The minimum atomic E-state index is -0.0858. The van der Waals surface area contributed by atoms with Gasteiger partial charge >= 0.3 is 0 Å². The predicted molar refractivity (Wildman–Crippen MR) is 141 cm³/mol. The number of hydrogen-bond donors (Lipinski definition) is 1. The van der Waals surface area contributed by atoms with Crippen LogP contribution < -0.4 is 5.32 Å². The summed E-state index contributed by atoms with van der Waals surface area (Å²) in [5.74, 6) is -0.0858. The molecule has 0 aliphatic heterocycles. The fraction of sp³-hybridized carbons (Fsp3) is 0.138. The summed E-state index contributed by atoms with van der Waals surface area (Å²) in [6.45, 7) is 5.21. The number of aromatic nitrogens is 3. The maximum absolute atomic E-state index is 13.6. The van der Waals surface area contributed by atoms with Crippen LogP contribution in [-0.4, -0.2) is 20.1 Å². The topological polar surface area (TPSA) is 59.8 Å². The zero-order valence-electron chi connectivity index (χ0n) is 19.7. The van der Waals surface area contributed by atoms with Crippen molar-refractivity contribution in [2.45, 2.75) is 26.9 Å². The third kappa shape index (κ3) is 5.08. The summed E-state index contributed by atoms with van der Waals surface area (Å²) in [5, 5.41) is 9.18. The molecule has 0 saturated carbocycles. The van der Waals surface area contributed by atoms with Crippen LogP contribution >= 0.6 is 11.5 Å². The second-order valence-corrected chi connectivity index (χ2v) is 9.29. The molecule has 35 heavy (non-hydrogen) atoms. The van der Waals surface area contributed by atoms with Gasteiger partial charge in [-0.15, -0.1) is 5.10 Å². The van der Waals surface area contributed by atoms with Crippen LogP contribution in [0.25, 0.3) is 22.4 Å². The van der Waals surface area contributed by atoms with E-state index in [2.05, 4.69) is 75.9 Å². The lowest BCUT2D eigenvalue weighted by Crippen LogP contribution is -2.26. The molecule has 0 spiro atoms. The molecule has 5 nitrogen and oxygen atoms in total. The maximum atomic E-state index is 13.6. The smallest absolute Gasteiger partial charge is 0.268 e. The predicted octanol–water partition coefficient (Wildman–Crippen LogP) is 6.27. The minimum Gasteiger partial charge on any atom is -0.347 e. The lowest BCUT2D eigenvalue weighted by Gasteiger charge is -2.13. The zero-order chi connectivity index (χ0) is 24.2. The van der Waals surface area contributed by atoms with Crippen LogP contribution in [0.4, 0.5) is 0 Å². The van der Waals surface area contributed by atoms with Gasteiger partial charge in [0.25, 0.3) is 5.91 Å². The summed E-state index contributed by atoms with van der Waals surface area (Å²) in [4.78, 5) is 13.6. The van der Waals surface area contributed by atoms with Crippen LogP contribution in [0.5, 0.6) is 0 Å². The molecule has 5 rings (SSSR count). The fourth-order valence-electron chi connectivity index (χ4n) is 4.28. The third-order valence-electron chi connectivity index (χ3n) is 6.08. The minimum absolute atomic E-state index is 0.0858. The van der Waals surface area contributed by atoms with E-state index < -0.39 is 0 Å². The number of aryl methyl sites for hydroxylation is 2. The highest BCUT2D eigenvalue weighted by Crippen LogP contribution is 2.30. The van der Waals surface area contributed by atoms with Gasteiger partial charge in [-0.2, -0.15) is 0 Å². The molecule has 0 atom stereocenters. The molecule has 174 valence electrons. The molecule has 1 amide bonds. The van der Waals surface area contributed by atoms with Crippen molar-refractivity contribution in [2.75, 3.05) is 0 Å². The number of nitrogens with one attached hydrogen (secondary N) is 1.